The van der Waals surface area contributed by atoms with Gasteiger partial charge in [0.2, 0.25) is 0 Å². The summed E-state index contributed by atoms with van der Waals surface area (Å²) in [7, 11) is 0. The second-order valence-corrected chi connectivity index (χ2v) is 6.64. The third-order valence-corrected chi connectivity index (χ3v) is 4.15. The van der Waals surface area contributed by atoms with Crippen molar-refractivity contribution in [3.63, 3.8) is 0 Å². The predicted octanol–water partition coefficient (Wildman–Crippen LogP) is 5.33. The van der Waals surface area contributed by atoms with Crippen LogP contribution in [0.25, 0.3) is 0 Å². The van der Waals surface area contributed by atoms with Crippen LogP contribution in [0.1, 0.15) is 90.9 Å². The second kappa shape index (κ2) is 11.4. The van der Waals surface area contributed by atoms with E-state index in [1.165, 1.54) is 51.0 Å². The van der Waals surface area contributed by atoms with Crippen molar-refractivity contribution in [2.75, 3.05) is 0 Å². The number of carbonyl (C=O) groups is 2. The first-order chi connectivity index (χ1) is 10.6. The zero-order valence-corrected chi connectivity index (χ0v) is 14.4. The number of esters is 1. The van der Waals surface area contributed by atoms with Gasteiger partial charge in [0.15, 0.2) is 5.78 Å². The van der Waals surface area contributed by atoms with Crippen LogP contribution in [0.2, 0.25) is 0 Å². The van der Waals surface area contributed by atoms with Crippen molar-refractivity contribution in [1.29, 1.82) is 0 Å². The maximum absolute atomic E-state index is 11.8. The maximum Gasteiger partial charge on any atom is 0.310 e. The van der Waals surface area contributed by atoms with Gasteiger partial charge in [-0.15, -0.1) is 0 Å². The summed E-state index contributed by atoms with van der Waals surface area (Å²) in [6, 6.07) is 0. The van der Waals surface area contributed by atoms with Crippen LogP contribution in [0.5, 0.6) is 0 Å². The highest BCUT2D eigenvalue weighted by Gasteiger charge is 2.19. The monoisotopic (exact) mass is 308 g/mol. The molecule has 0 aliphatic heterocycles. The van der Waals surface area contributed by atoms with E-state index in [1.54, 1.807) is 0 Å². The summed E-state index contributed by atoms with van der Waals surface area (Å²) in [5.41, 5.74) is 0. The van der Waals surface area contributed by atoms with Crippen molar-refractivity contribution in [3.8, 4) is 0 Å². The molecule has 3 heteroatoms. The fraction of sp³-hybridized carbons (Fsp3) is 0.789. The molecule has 3 nitrogen and oxygen atoms in total. The molecule has 0 aromatic heterocycles. The maximum atomic E-state index is 11.8. The van der Waals surface area contributed by atoms with E-state index in [-0.39, 0.29) is 17.7 Å². The van der Waals surface area contributed by atoms with Crippen molar-refractivity contribution < 1.29 is 14.3 Å². The van der Waals surface area contributed by atoms with Crippen LogP contribution >= 0.6 is 0 Å². The van der Waals surface area contributed by atoms with Crippen molar-refractivity contribution in [2.45, 2.75) is 90.9 Å². The largest absolute Gasteiger partial charge is 0.431 e. The van der Waals surface area contributed by atoms with Crippen LogP contribution in [-0.2, 0) is 14.3 Å². The molecule has 0 fully saturated rings. The van der Waals surface area contributed by atoms with Gasteiger partial charge in [-0.05, 0) is 12.3 Å². The lowest BCUT2D eigenvalue weighted by atomic mass is 9.94. The minimum absolute atomic E-state index is 0.0737. The van der Waals surface area contributed by atoms with E-state index >= 15 is 0 Å². The Morgan fingerprint density at radius 3 is 2.23 bits per heavy atom. The molecule has 0 heterocycles. The summed E-state index contributed by atoms with van der Waals surface area (Å²) in [5.74, 6) is 0.735. The molecule has 126 valence electrons. The molecule has 22 heavy (non-hydrogen) atoms. The Balaban J connectivity index is 2.01. The van der Waals surface area contributed by atoms with Crippen LogP contribution in [0.4, 0.5) is 0 Å². The van der Waals surface area contributed by atoms with Crippen molar-refractivity contribution in [3.05, 3.63) is 11.8 Å². The van der Waals surface area contributed by atoms with Gasteiger partial charge in [0, 0.05) is 25.3 Å². The Morgan fingerprint density at radius 1 is 1.05 bits per heavy atom. The number of ether oxygens (including phenoxy) is 1. The summed E-state index contributed by atoms with van der Waals surface area (Å²) < 4.78 is 5.31. The van der Waals surface area contributed by atoms with Crippen molar-refractivity contribution in [1.82, 2.24) is 0 Å². The summed E-state index contributed by atoms with van der Waals surface area (Å²) in [6.45, 7) is 4.25. The summed E-state index contributed by atoms with van der Waals surface area (Å²) >= 11 is 0. The second-order valence-electron chi connectivity index (χ2n) is 6.64. The van der Waals surface area contributed by atoms with Gasteiger partial charge in [-0.25, -0.2) is 0 Å². The van der Waals surface area contributed by atoms with Gasteiger partial charge in [0.05, 0.1) is 0 Å². The Kier molecular flexibility index (Phi) is 9.85. The van der Waals surface area contributed by atoms with Gasteiger partial charge in [-0.3, -0.25) is 9.59 Å². The van der Waals surface area contributed by atoms with Crippen LogP contribution in [0.3, 0.4) is 0 Å². The molecule has 1 aliphatic carbocycles. The van der Waals surface area contributed by atoms with Gasteiger partial charge >= 0.3 is 5.97 Å². The highest BCUT2D eigenvalue weighted by molar-refractivity contribution is 5.91. The lowest BCUT2D eigenvalue weighted by molar-refractivity contribution is -0.140. The van der Waals surface area contributed by atoms with E-state index in [9.17, 15) is 9.59 Å². The minimum atomic E-state index is -0.184. The molecule has 0 amide bonds. The molecular formula is C19H32O3. The Labute approximate surface area is 135 Å². The summed E-state index contributed by atoms with van der Waals surface area (Å²) in [4.78, 5) is 23.2. The highest BCUT2D eigenvalue weighted by Crippen LogP contribution is 2.22. The SMILES string of the molecule is CCCCCCCCCCCC(=O)OC1=CC(=O)CC(C)C1. The first-order valence-corrected chi connectivity index (χ1v) is 9.06. The molecule has 1 aliphatic rings. The number of unbranched alkanes of at least 4 members (excludes halogenated alkanes) is 8. The number of carbonyl (C=O) groups excluding carboxylic acids is 2. The molecule has 0 radical (unpaired) electrons. The van der Waals surface area contributed by atoms with Gasteiger partial charge in [0.1, 0.15) is 5.76 Å². The van der Waals surface area contributed by atoms with E-state index in [2.05, 4.69) is 6.92 Å². The van der Waals surface area contributed by atoms with E-state index in [1.807, 2.05) is 6.92 Å². The molecule has 0 N–H and O–H groups in total. The van der Waals surface area contributed by atoms with E-state index in [4.69, 9.17) is 4.74 Å². The molecule has 1 rings (SSSR count). The smallest absolute Gasteiger partial charge is 0.310 e. The molecule has 0 aromatic carbocycles. The van der Waals surface area contributed by atoms with Gasteiger partial charge < -0.3 is 4.74 Å². The third kappa shape index (κ3) is 9.01. The lowest BCUT2D eigenvalue weighted by Crippen LogP contribution is -2.15. The molecule has 0 saturated carbocycles. The van der Waals surface area contributed by atoms with E-state index < -0.39 is 0 Å². The molecule has 0 saturated heterocycles. The molecular weight excluding hydrogens is 276 g/mol. The first-order valence-electron chi connectivity index (χ1n) is 9.06. The molecule has 1 unspecified atom stereocenters. The fourth-order valence-electron chi connectivity index (χ4n) is 2.90. The normalized spacial score (nSPS) is 18.2. The zero-order valence-electron chi connectivity index (χ0n) is 14.4. The number of rotatable bonds is 11. The Hall–Kier alpha value is -1.12. The van der Waals surface area contributed by atoms with E-state index in [0.717, 1.165) is 12.8 Å². The zero-order chi connectivity index (χ0) is 16.2. The third-order valence-electron chi connectivity index (χ3n) is 4.15. The van der Waals surface area contributed by atoms with Crippen molar-refractivity contribution >= 4 is 11.8 Å². The van der Waals surface area contributed by atoms with Crippen LogP contribution in [0.15, 0.2) is 11.8 Å². The van der Waals surface area contributed by atoms with Crippen LogP contribution in [-0.4, -0.2) is 11.8 Å². The molecule has 0 aromatic rings. The van der Waals surface area contributed by atoms with Crippen LogP contribution in [0, 0.1) is 5.92 Å². The van der Waals surface area contributed by atoms with Crippen LogP contribution < -0.4 is 0 Å². The number of allylic oxidation sites excluding steroid dienone is 2. The first kappa shape index (κ1) is 18.9. The van der Waals surface area contributed by atoms with E-state index in [0.29, 0.717) is 25.0 Å². The summed E-state index contributed by atoms with van der Waals surface area (Å²) in [5, 5.41) is 0. The van der Waals surface area contributed by atoms with Crippen molar-refractivity contribution in [2.24, 2.45) is 5.92 Å². The average molecular weight is 308 g/mol. The minimum Gasteiger partial charge on any atom is -0.431 e. The molecule has 1 atom stereocenters. The number of hydrogen-bond donors (Lipinski definition) is 0. The number of hydrogen-bond acceptors (Lipinski definition) is 3. The average Bonchev–Trinajstić information content (AvgIpc) is 2.44. The van der Waals surface area contributed by atoms with Gasteiger partial charge in [-0.2, -0.15) is 0 Å². The number of ketones is 1. The quantitative estimate of drug-likeness (QED) is 0.382. The Bertz CT molecular complexity index is 371. The highest BCUT2D eigenvalue weighted by atomic mass is 16.5. The Morgan fingerprint density at radius 2 is 1.64 bits per heavy atom. The fourth-order valence-corrected chi connectivity index (χ4v) is 2.90. The topological polar surface area (TPSA) is 43.4 Å². The molecule has 0 spiro atoms. The lowest BCUT2D eigenvalue weighted by Gasteiger charge is -2.17. The predicted molar refractivity (Wildman–Crippen MR) is 89.4 cm³/mol. The standard InChI is InChI=1S/C19H32O3/c1-3-4-5-6-7-8-9-10-11-12-19(21)22-18-14-16(2)13-17(20)15-18/h15-16H,3-14H2,1-2H3. The van der Waals surface area contributed by atoms with Gasteiger partial charge in [0.25, 0.3) is 0 Å². The molecule has 0 bridgehead atoms. The van der Waals surface area contributed by atoms with Gasteiger partial charge in [-0.1, -0.05) is 65.2 Å². The summed E-state index contributed by atoms with van der Waals surface area (Å²) in [6.07, 6.45) is 14.4.